The Morgan fingerprint density at radius 3 is 2.83 bits per heavy atom. The molecule has 2 fully saturated rings. The van der Waals surface area contributed by atoms with E-state index in [0.717, 1.165) is 56.2 Å². The summed E-state index contributed by atoms with van der Waals surface area (Å²) in [6.07, 6.45) is 7.06. The molecule has 8 nitrogen and oxygen atoms in total. The number of fused-ring (bicyclic) bond motifs is 1. The van der Waals surface area contributed by atoms with E-state index in [4.69, 9.17) is 0 Å². The highest BCUT2D eigenvalue weighted by Gasteiger charge is 2.30. The zero-order valence-corrected chi connectivity index (χ0v) is 17.2. The summed E-state index contributed by atoms with van der Waals surface area (Å²) in [5.41, 5.74) is 2.49. The maximum absolute atomic E-state index is 12.6. The normalized spacial score (nSPS) is 20.9. The lowest BCUT2D eigenvalue weighted by molar-refractivity contribution is 0.0843. The van der Waals surface area contributed by atoms with Gasteiger partial charge >= 0.3 is 0 Å². The second kappa shape index (κ2) is 8.12. The molecule has 1 aliphatic carbocycles. The van der Waals surface area contributed by atoms with E-state index in [-0.39, 0.29) is 11.9 Å². The molecule has 1 unspecified atom stereocenters. The molecular weight excluding hydrogens is 378 g/mol. The third kappa shape index (κ3) is 3.80. The maximum Gasteiger partial charge on any atom is 0.252 e. The van der Waals surface area contributed by atoms with Gasteiger partial charge in [0.05, 0.1) is 17.3 Å². The van der Waals surface area contributed by atoms with Crippen molar-refractivity contribution in [1.29, 1.82) is 0 Å². The number of pyridine rings is 2. The molecule has 1 saturated heterocycles. The Morgan fingerprint density at radius 1 is 1.17 bits per heavy atom. The number of piperazine rings is 1. The largest absolute Gasteiger partial charge is 0.349 e. The van der Waals surface area contributed by atoms with Gasteiger partial charge in [-0.05, 0) is 50.6 Å². The lowest BCUT2D eigenvalue weighted by Gasteiger charge is -2.38. The van der Waals surface area contributed by atoms with Crippen molar-refractivity contribution in [1.82, 2.24) is 34.7 Å². The lowest BCUT2D eigenvalue weighted by Crippen LogP contribution is -2.46. The van der Waals surface area contributed by atoms with Crippen LogP contribution in [0.15, 0.2) is 42.7 Å². The minimum atomic E-state index is -0.0185. The van der Waals surface area contributed by atoms with E-state index in [1.54, 1.807) is 0 Å². The Hall–Kier alpha value is -2.84. The van der Waals surface area contributed by atoms with Gasteiger partial charge in [0.2, 0.25) is 0 Å². The molecule has 3 aromatic rings. The Bertz CT molecular complexity index is 1030. The Balaban J connectivity index is 1.38. The molecular formula is C22H27N7O. The first-order chi connectivity index (χ1) is 14.7. The molecule has 0 spiro atoms. The number of nitrogens with one attached hydrogen (secondary N) is 1. The van der Waals surface area contributed by atoms with Crippen LogP contribution in [-0.2, 0) is 6.54 Å². The van der Waals surface area contributed by atoms with Crippen LogP contribution in [0, 0.1) is 0 Å². The number of carbonyl (C=O) groups is 1. The second-order valence-corrected chi connectivity index (χ2v) is 8.36. The van der Waals surface area contributed by atoms with Crippen LogP contribution in [0.25, 0.3) is 5.65 Å². The molecule has 3 aromatic heterocycles. The molecule has 1 aliphatic heterocycles. The zero-order valence-electron chi connectivity index (χ0n) is 17.2. The smallest absolute Gasteiger partial charge is 0.252 e. The molecule has 8 heteroatoms. The van der Waals surface area contributed by atoms with E-state index in [1.807, 2.05) is 41.1 Å². The van der Waals surface area contributed by atoms with Gasteiger partial charge in [-0.2, -0.15) is 0 Å². The fraction of sp³-hybridized carbons (Fsp3) is 0.455. The molecule has 0 aromatic carbocycles. The third-order valence-corrected chi connectivity index (χ3v) is 6.27. The summed E-state index contributed by atoms with van der Waals surface area (Å²) in [5.74, 6) is 0.853. The summed E-state index contributed by atoms with van der Waals surface area (Å²) in [7, 11) is 2.12. The summed E-state index contributed by atoms with van der Waals surface area (Å²) in [4.78, 5) is 21.8. The minimum absolute atomic E-state index is 0.0185. The van der Waals surface area contributed by atoms with Crippen molar-refractivity contribution in [3.05, 3.63) is 59.8 Å². The molecule has 4 heterocycles. The predicted octanol–water partition coefficient (Wildman–Crippen LogP) is 1.90. The first-order valence-corrected chi connectivity index (χ1v) is 10.7. The van der Waals surface area contributed by atoms with Crippen LogP contribution in [0.2, 0.25) is 0 Å². The van der Waals surface area contributed by atoms with Crippen LogP contribution in [-0.4, -0.2) is 68.0 Å². The Labute approximate surface area is 175 Å². The van der Waals surface area contributed by atoms with Crippen LogP contribution in [0.3, 0.4) is 0 Å². The maximum atomic E-state index is 12.6. The highest BCUT2D eigenvalue weighted by atomic mass is 16.1. The van der Waals surface area contributed by atoms with Gasteiger partial charge in [0.1, 0.15) is 0 Å². The third-order valence-electron chi connectivity index (χ3n) is 6.27. The van der Waals surface area contributed by atoms with Crippen molar-refractivity contribution in [2.24, 2.45) is 0 Å². The SMILES string of the molecule is CN1CCN(Cc2ccccn2)CC1c1nnc2ccc(C(=O)NC3CCC3)cn12. The average molecular weight is 406 g/mol. The van der Waals surface area contributed by atoms with Crippen LogP contribution in [0.1, 0.15) is 47.2 Å². The van der Waals surface area contributed by atoms with E-state index in [0.29, 0.717) is 11.6 Å². The van der Waals surface area contributed by atoms with Crippen molar-refractivity contribution in [3.8, 4) is 0 Å². The topological polar surface area (TPSA) is 78.7 Å². The number of rotatable bonds is 5. The quantitative estimate of drug-likeness (QED) is 0.699. The average Bonchev–Trinajstić information content (AvgIpc) is 3.16. The van der Waals surface area contributed by atoms with Gasteiger partial charge in [-0.1, -0.05) is 6.07 Å². The molecule has 1 saturated carbocycles. The highest BCUT2D eigenvalue weighted by Crippen LogP contribution is 2.25. The minimum Gasteiger partial charge on any atom is -0.349 e. The van der Waals surface area contributed by atoms with Gasteiger partial charge in [0.15, 0.2) is 11.5 Å². The van der Waals surface area contributed by atoms with Crippen LogP contribution < -0.4 is 5.32 Å². The summed E-state index contributed by atoms with van der Waals surface area (Å²) in [6.45, 7) is 3.58. The highest BCUT2D eigenvalue weighted by molar-refractivity contribution is 5.94. The standard InChI is InChI=1S/C22H27N7O/c1-27-11-12-28(14-18-5-2-3-10-23-18)15-19(27)21-26-25-20-9-8-16(13-29(20)21)22(30)24-17-6-4-7-17/h2-3,5,8-10,13,17,19H,4,6-7,11-12,14-15H2,1H3,(H,24,30). The van der Waals surface area contributed by atoms with Gasteiger partial charge in [-0.15, -0.1) is 10.2 Å². The van der Waals surface area contributed by atoms with E-state index < -0.39 is 0 Å². The first kappa shape index (κ1) is 19.1. The van der Waals surface area contributed by atoms with Crippen molar-refractivity contribution >= 4 is 11.6 Å². The number of aromatic nitrogens is 4. The summed E-state index contributed by atoms with van der Waals surface area (Å²) in [6, 6.07) is 10.2. The molecule has 2 aliphatic rings. The van der Waals surface area contributed by atoms with Crippen LogP contribution in [0.4, 0.5) is 0 Å². The van der Waals surface area contributed by atoms with Gasteiger partial charge in [-0.25, -0.2) is 0 Å². The van der Waals surface area contributed by atoms with Crippen molar-refractivity contribution in [3.63, 3.8) is 0 Å². The van der Waals surface area contributed by atoms with Crippen molar-refractivity contribution in [2.75, 3.05) is 26.7 Å². The number of amides is 1. The van der Waals surface area contributed by atoms with Crippen LogP contribution in [0.5, 0.6) is 0 Å². The van der Waals surface area contributed by atoms with E-state index in [2.05, 4.69) is 43.4 Å². The van der Waals surface area contributed by atoms with Gasteiger partial charge in [0, 0.05) is 44.6 Å². The van der Waals surface area contributed by atoms with Gasteiger partial charge < -0.3 is 5.32 Å². The molecule has 5 rings (SSSR count). The molecule has 1 amide bonds. The number of nitrogens with zero attached hydrogens (tertiary/aromatic N) is 6. The zero-order chi connectivity index (χ0) is 20.5. The monoisotopic (exact) mass is 405 g/mol. The Morgan fingerprint density at radius 2 is 2.07 bits per heavy atom. The van der Waals surface area contributed by atoms with Gasteiger partial charge in [0.25, 0.3) is 5.91 Å². The first-order valence-electron chi connectivity index (χ1n) is 10.7. The van der Waals surface area contributed by atoms with Gasteiger partial charge in [-0.3, -0.25) is 24.0 Å². The van der Waals surface area contributed by atoms with E-state index in [9.17, 15) is 4.79 Å². The molecule has 0 bridgehead atoms. The molecule has 156 valence electrons. The molecule has 0 radical (unpaired) electrons. The lowest BCUT2D eigenvalue weighted by atomic mass is 9.93. The van der Waals surface area contributed by atoms with Crippen molar-refractivity contribution in [2.45, 2.75) is 37.9 Å². The number of hydrogen-bond acceptors (Lipinski definition) is 6. The van der Waals surface area contributed by atoms with Crippen molar-refractivity contribution < 1.29 is 4.79 Å². The second-order valence-electron chi connectivity index (χ2n) is 8.36. The summed E-state index contributed by atoms with van der Waals surface area (Å²) >= 11 is 0. The number of hydrogen-bond donors (Lipinski definition) is 1. The Kier molecular flexibility index (Phi) is 5.18. The van der Waals surface area contributed by atoms with Crippen LogP contribution >= 0.6 is 0 Å². The fourth-order valence-corrected chi connectivity index (χ4v) is 4.16. The molecule has 1 atom stereocenters. The molecule has 30 heavy (non-hydrogen) atoms. The number of carbonyl (C=O) groups excluding carboxylic acids is 1. The van der Waals surface area contributed by atoms with E-state index >= 15 is 0 Å². The fourth-order valence-electron chi connectivity index (χ4n) is 4.16. The summed E-state index contributed by atoms with van der Waals surface area (Å²) in [5, 5.41) is 12.0. The molecule has 1 N–H and O–H groups in total. The predicted molar refractivity (Wildman–Crippen MR) is 113 cm³/mol. The number of likely N-dealkylation sites (N-methyl/N-ethyl adjacent to an activating group) is 1. The summed E-state index contributed by atoms with van der Waals surface area (Å²) < 4.78 is 1.97. The van der Waals surface area contributed by atoms with E-state index in [1.165, 1.54) is 6.42 Å².